The first-order valence-corrected chi connectivity index (χ1v) is 3.14. The second kappa shape index (κ2) is 4.44. The lowest BCUT2D eigenvalue weighted by Gasteiger charge is -2.17. The molecule has 0 amide bonds. The molecule has 0 N–H and O–H groups in total. The molecular weight excluding hydrogens is 116 g/mol. The lowest BCUT2D eigenvalue weighted by atomic mass is 10.2. The van der Waals surface area contributed by atoms with E-state index in [1.807, 2.05) is 14.1 Å². The highest BCUT2D eigenvalue weighted by molar-refractivity contribution is 4.59. The lowest BCUT2D eigenvalue weighted by molar-refractivity contribution is 0.302. The molecule has 0 fully saturated rings. The maximum absolute atomic E-state index is 9.66. The van der Waals surface area contributed by atoms with Gasteiger partial charge in [-0.2, -0.15) is 4.91 Å². The van der Waals surface area contributed by atoms with Crippen LogP contribution in [-0.4, -0.2) is 31.6 Å². The molecule has 0 bridgehead atoms. The zero-order valence-corrected chi connectivity index (χ0v) is 6.29. The monoisotopic (exact) mass is 130 g/mol. The van der Waals surface area contributed by atoms with Gasteiger partial charge >= 0.3 is 0 Å². The summed E-state index contributed by atoms with van der Waals surface area (Å²) < 4.78 is 0. The molecule has 0 aromatic carbocycles. The molecule has 0 radical (unpaired) electrons. The summed E-state index contributed by atoms with van der Waals surface area (Å²) in [6.07, 6.45) is 0.858. The first-order valence-electron chi connectivity index (χ1n) is 3.14. The maximum atomic E-state index is 9.66. The maximum Gasteiger partial charge on any atom is 0.0825 e. The van der Waals surface area contributed by atoms with Gasteiger partial charge in [-0.15, -0.1) is 0 Å². The van der Waals surface area contributed by atoms with E-state index >= 15 is 0 Å². The van der Waals surface area contributed by atoms with E-state index in [0.29, 0.717) is 12.6 Å². The predicted octanol–water partition coefficient (Wildman–Crippen LogP) is 1.09. The molecule has 0 aliphatic rings. The summed E-state index contributed by atoms with van der Waals surface area (Å²) in [5.74, 6) is 0. The van der Waals surface area contributed by atoms with Crippen LogP contribution in [0.25, 0.3) is 0 Å². The summed E-state index contributed by atoms with van der Waals surface area (Å²) >= 11 is 0. The van der Waals surface area contributed by atoms with Gasteiger partial charge in [0, 0.05) is 6.04 Å². The fourth-order valence-corrected chi connectivity index (χ4v) is 0.498. The second-order valence-corrected chi connectivity index (χ2v) is 2.45. The van der Waals surface area contributed by atoms with Crippen molar-refractivity contribution in [2.75, 3.05) is 20.6 Å². The van der Waals surface area contributed by atoms with Crippen LogP contribution in [0.4, 0.5) is 0 Å². The highest BCUT2D eigenvalue weighted by Gasteiger charge is 2.02. The lowest BCUT2D eigenvalue weighted by Crippen LogP contribution is -2.24. The third-order valence-corrected chi connectivity index (χ3v) is 1.52. The van der Waals surface area contributed by atoms with Crippen molar-refractivity contribution in [3.05, 3.63) is 4.91 Å². The van der Waals surface area contributed by atoms with Crippen molar-refractivity contribution in [1.82, 2.24) is 4.90 Å². The number of nitrogens with zero attached hydrogens (tertiary/aromatic N) is 2. The Morgan fingerprint density at radius 2 is 2.11 bits per heavy atom. The van der Waals surface area contributed by atoms with E-state index in [4.69, 9.17) is 0 Å². The summed E-state index contributed by atoms with van der Waals surface area (Å²) in [7, 11) is 3.99. The van der Waals surface area contributed by atoms with Gasteiger partial charge in [0.25, 0.3) is 0 Å². The van der Waals surface area contributed by atoms with E-state index in [9.17, 15) is 4.91 Å². The average molecular weight is 130 g/mol. The smallest absolute Gasteiger partial charge is 0.0825 e. The summed E-state index contributed by atoms with van der Waals surface area (Å²) in [6, 6.07) is 0.461. The van der Waals surface area contributed by atoms with Gasteiger partial charge in [-0.1, -0.05) is 5.18 Å². The molecule has 9 heavy (non-hydrogen) atoms. The minimum Gasteiger partial charge on any atom is -0.307 e. The Balaban J connectivity index is 3.26. The van der Waals surface area contributed by atoms with Crippen molar-refractivity contribution < 1.29 is 0 Å². The minimum absolute atomic E-state index is 0.430. The Kier molecular flexibility index (Phi) is 4.22. The Labute approximate surface area is 56.0 Å². The highest BCUT2D eigenvalue weighted by Crippen LogP contribution is 1.96. The largest absolute Gasteiger partial charge is 0.307 e. The van der Waals surface area contributed by atoms with Crippen LogP contribution in [0.3, 0.4) is 0 Å². The zero-order chi connectivity index (χ0) is 7.28. The van der Waals surface area contributed by atoms with Crippen LogP contribution in [-0.2, 0) is 0 Å². The van der Waals surface area contributed by atoms with Crippen molar-refractivity contribution in [3.63, 3.8) is 0 Å². The van der Waals surface area contributed by atoms with Crippen molar-refractivity contribution in [2.45, 2.75) is 19.4 Å². The second-order valence-electron chi connectivity index (χ2n) is 2.45. The normalized spacial score (nSPS) is 13.8. The molecule has 0 aromatic rings. The molecule has 0 saturated heterocycles. The highest BCUT2D eigenvalue weighted by atomic mass is 16.3. The van der Waals surface area contributed by atoms with Gasteiger partial charge in [0.1, 0.15) is 0 Å². The molecule has 0 aromatic heterocycles. The van der Waals surface area contributed by atoms with E-state index in [2.05, 4.69) is 17.0 Å². The first-order chi connectivity index (χ1) is 4.18. The number of nitroso groups, excluding NO2 is 1. The van der Waals surface area contributed by atoms with Crippen molar-refractivity contribution in [3.8, 4) is 0 Å². The van der Waals surface area contributed by atoms with Crippen molar-refractivity contribution in [1.29, 1.82) is 0 Å². The van der Waals surface area contributed by atoms with Gasteiger partial charge in [0.2, 0.25) is 0 Å². The molecule has 3 nitrogen and oxygen atoms in total. The molecule has 0 aliphatic heterocycles. The Bertz CT molecular complexity index is 83.1. The number of hydrogen-bond acceptors (Lipinski definition) is 3. The fourth-order valence-electron chi connectivity index (χ4n) is 0.498. The topological polar surface area (TPSA) is 32.7 Å². The van der Waals surface area contributed by atoms with Crippen LogP contribution in [0.5, 0.6) is 0 Å². The van der Waals surface area contributed by atoms with Crippen LogP contribution < -0.4 is 0 Å². The van der Waals surface area contributed by atoms with E-state index < -0.39 is 0 Å². The number of hydrogen-bond donors (Lipinski definition) is 0. The predicted molar refractivity (Wildman–Crippen MR) is 38.4 cm³/mol. The van der Waals surface area contributed by atoms with Gasteiger partial charge in [0.05, 0.1) is 6.54 Å². The summed E-state index contributed by atoms with van der Waals surface area (Å²) in [4.78, 5) is 11.7. The third kappa shape index (κ3) is 4.09. The average Bonchev–Trinajstić information content (AvgIpc) is 1.82. The van der Waals surface area contributed by atoms with Crippen LogP contribution in [0, 0.1) is 4.91 Å². The van der Waals surface area contributed by atoms with Gasteiger partial charge < -0.3 is 4.90 Å². The molecule has 1 atom stereocenters. The molecular formula is C6H14N2O. The van der Waals surface area contributed by atoms with E-state index in [1.165, 1.54) is 0 Å². The molecule has 0 rings (SSSR count). The molecule has 0 aliphatic carbocycles. The Hall–Kier alpha value is -0.440. The zero-order valence-electron chi connectivity index (χ0n) is 6.29. The molecule has 0 saturated carbocycles. The third-order valence-electron chi connectivity index (χ3n) is 1.52. The van der Waals surface area contributed by atoms with E-state index in [1.54, 1.807) is 0 Å². The van der Waals surface area contributed by atoms with E-state index in [0.717, 1.165) is 6.42 Å². The number of rotatable bonds is 4. The molecule has 3 heteroatoms. The van der Waals surface area contributed by atoms with Gasteiger partial charge in [-0.05, 0) is 27.4 Å². The summed E-state index contributed by atoms with van der Waals surface area (Å²) in [5, 5.41) is 2.78. The molecule has 0 spiro atoms. The van der Waals surface area contributed by atoms with Crippen molar-refractivity contribution in [2.24, 2.45) is 5.18 Å². The standard InChI is InChI=1S/C6H14N2O/c1-6(8(2)3)4-5-7-9/h6H,4-5H2,1-3H3. The van der Waals surface area contributed by atoms with Gasteiger partial charge in [-0.25, -0.2) is 0 Å². The Morgan fingerprint density at radius 3 is 2.44 bits per heavy atom. The van der Waals surface area contributed by atoms with Crippen LogP contribution in [0.1, 0.15) is 13.3 Å². The van der Waals surface area contributed by atoms with Gasteiger partial charge in [-0.3, -0.25) is 0 Å². The van der Waals surface area contributed by atoms with E-state index in [-0.39, 0.29) is 0 Å². The molecule has 0 heterocycles. The van der Waals surface area contributed by atoms with Crippen LogP contribution >= 0.6 is 0 Å². The Morgan fingerprint density at radius 1 is 1.56 bits per heavy atom. The molecule has 1 unspecified atom stereocenters. The van der Waals surface area contributed by atoms with Gasteiger partial charge in [0.15, 0.2) is 0 Å². The minimum atomic E-state index is 0.430. The van der Waals surface area contributed by atoms with Crippen LogP contribution in [0.2, 0.25) is 0 Å². The quantitative estimate of drug-likeness (QED) is 0.534. The van der Waals surface area contributed by atoms with Crippen LogP contribution in [0.15, 0.2) is 5.18 Å². The van der Waals surface area contributed by atoms with Crippen molar-refractivity contribution >= 4 is 0 Å². The molecule has 54 valence electrons. The summed E-state index contributed by atoms with van der Waals surface area (Å²) in [5.41, 5.74) is 0. The SMILES string of the molecule is CC(CCN=O)N(C)C. The fraction of sp³-hybridized carbons (Fsp3) is 1.00. The first kappa shape index (κ1) is 8.56. The summed E-state index contributed by atoms with van der Waals surface area (Å²) in [6.45, 7) is 2.50.